The number of nitrogens with zero attached hydrogens (tertiary/aromatic N) is 1. The summed E-state index contributed by atoms with van der Waals surface area (Å²) in [5, 5.41) is 5.11. The number of aromatic nitrogens is 2. The lowest BCUT2D eigenvalue weighted by atomic mass is 10.1. The first-order valence-corrected chi connectivity index (χ1v) is 8.92. The number of hydrogen-bond acceptors (Lipinski definition) is 4. The SMILES string of the molecule is Cc1cccc(C(=O)Nc2nc(-c3c[nH]c(C(N)=O)c3)cs2)c1I. The smallest absolute Gasteiger partial charge is 0.265 e. The summed E-state index contributed by atoms with van der Waals surface area (Å²) >= 11 is 3.48. The zero-order valence-corrected chi connectivity index (χ0v) is 15.6. The Kier molecular flexibility index (Phi) is 4.67. The molecule has 24 heavy (non-hydrogen) atoms. The number of aromatic amines is 1. The molecule has 0 aliphatic heterocycles. The highest BCUT2D eigenvalue weighted by atomic mass is 127. The van der Waals surface area contributed by atoms with Crippen LogP contribution in [0.25, 0.3) is 11.3 Å². The van der Waals surface area contributed by atoms with Gasteiger partial charge >= 0.3 is 0 Å². The number of carbonyl (C=O) groups is 2. The second-order valence-electron chi connectivity index (χ2n) is 5.09. The van der Waals surface area contributed by atoms with Crippen LogP contribution in [0.4, 0.5) is 5.13 Å². The maximum Gasteiger partial charge on any atom is 0.265 e. The summed E-state index contributed by atoms with van der Waals surface area (Å²) in [4.78, 5) is 30.7. The summed E-state index contributed by atoms with van der Waals surface area (Å²) < 4.78 is 0.918. The molecule has 0 fully saturated rings. The molecule has 0 aliphatic carbocycles. The summed E-state index contributed by atoms with van der Waals surface area (Å²) in [6.45, 7) is 1.96. The number of halogens is 1. The predicted octanol–water partition coefficient (Wildman–Crippen LogP) is 3.40. The number of primary amides is 1. The number of nitrogens with two attached hydrogens (primary N) is 1. The van der Waals surface area contributed by atoms with Crippen molar-refractivity contribution in [2.24, 2.45) is 5.73 Å². The number of rotatable bonds is 4. The number of carbonyl (C=O) groups excluding carboxylic acids is 2. The van der Waals surface area contributed by atoms with Gasteiger partial charge in [0, 0.05) is 20.7 Å². The standard InChI is InChI=1S/C16H13IN4O2S/c1-8-3-2-4-10(13(8)17)15(23)21-16-20-12(7-24-16)9-5-11(14(18)22)19-6-9/h2-7,19H,1H3,(H2,18,22)(H,20,21,23). The Bertz CT molecular complexity index is 932. The number of thiazole rings is 1. The maximum absolute atomic E-state index is 12.4. The Morgan fingerprint density at radius 2 is 2.17 bits per heavy atom. The quantitative estimate of drug-likeness (QED) is 0.529. The van der Waals surface area contributed by atoms with Gasteiger partial charge in [0.1, 0.15) is 5.69 Å². The van der Waals surface area contributed by atoms with Crippen LogP contribution in [0.2, 0.25) is 0 Å². The van der Waals surface area contributed by atoms with E-state index in [4.69, 9.17) is 5.73 Å². The van der Waals surface area contributed by atoms with E-state index in [0.29, 0.717) is 22.1 Å². The first kappa shape index (κ1) is 16.7. The molecule has 0 unspecified atom stereocenters. The highest BCUT2D eigenvalue weighted by Crippen LogP contribution is 2.26. The summed E-state index contributed by atoms with van der Waals surface area (Å²) in [5.74, 6) is -0.727. The Hall–Kier alpha value is -2.20. The third-order valence-electron chi connectivity index (χ3n) is 3.41. The van der Waals surface area contributed by atoms with Crippen molar-refractivity contribution >= 4 is 50.9 Å². The second kappa shape index (κ2) is 6.73. The van der Waals surface area contributed by atoms with Crippen LogP contribution in [-0.2, 0) is 0 Å². The number of nitrogens with one attached hydrogen (secondary N) is 2. The van der Waals surface area contributed by atoms with Gasteiger partial charge in [-0.25, -0.2) is 4.98 Å². The topological polar surface area (TPSA) is 101 Å². The minimum atomic E-state index is -0.529. The molecular weight excluding hydrogens is 439 g/mol. The van der Waals surface area contributed by atoms with E-state index in [9.17, 15) is 9.59 Å². The Morgan fingerprint density at radius 3 is 2.88 bits per heavy atom. The van der Waals surface area contributed by atoms with Gasteiger partial charge in [0.15, 0.2) is 5.13 Å². The molecular formula is C16H13IN4O2S. The van der Waals surface area contributed by atoms with Crippen molar-refractivity contribution in [1.29, 1.82) is 0 Å². The third-order valence-corrected chi connectivity index (χ3v) is 5.59. The van der Waals surface area contributed by atoms with Gasteiger partial charge < -0.3 is 10.7 Å². The lowest BCUT2D eigenvalue weighted by Gasteiger charge is -2.06. The summed E-state index contributed by atoms with van der Waals surface area (Å²) in [5.41, 5.74) is 8.61. The lowest BCUT2D eigenvalue weighted by Crippen LogP contribution is -2.13. The van der Waals surface area contributed by atoms with Crippen molar-refractivity contribution in [1.82, 2.24) is 9.97 Å². The van der Waals surface area contributed by atoms with Crippen LogP contribution in [0, 0.1) is 10.5 Å². The minimum absolute atomic E-state index is 0.198. The van der Waals surface area contributed by atoms with Gasteiger partial charge in [0.2, 0.25) is 0 Å². The molecule has 0 saturated heterocycles. The molecule has 0 saturated carbocycles. The number of aryl methyl sites for hydroxylation is 1. The van der Waals surface area contributed by atoms with Crippen LogP contribution in [0.15, 0.2) is 35.8 Å². The molecule has 122 valence electrons. The monoisotopic (exact) mass is 452 g/mol. The van der Waals surface area contributed by atoms with Crippen molar-refractivity contribution in [2.45, 2.75) is 6.92 Å². The first-order chi connectivity index (χ1) is 11.5. The fourth-order valence-corrected chi connectivity index (χ4v) is 3.45. The molecule has 3 aromatic rings. The predicted molar refractivity (Wildman–Crippen MR) is 102 cm³/mol. The molecule has 0 radical (unpaired) electrons. The molecule has 6 nitrogen and oxygen atoms in total. The van der Waals surface area contributed by atoms with Crippen LogP contribution in [0.1, 0.15) is 26.4 Å². The number of H-pyrrole nitrogens is 1. The zero-order valence-electron chi connectivity index (χ0n) is 12.6. The number of amides is 2. The second-order valence-corrected chi connectivity index (χ2v) is 7.03. The van der Waals surface area contributed by atoms with Crippen LogP contribution in [-0.4, -0.2) is 21.8 Å². The summed E-state index contributed by atoms with van der Waals surface area (Å²) in [6, 6.07) is 7.23. The van der Waals surface area contributed by atoms with E-state index in [1.807, 2.05) is 24.4 Å². The van der Waals surface area contributed by atoms with E-state index >= 15 is 0 Å². The molecule has 0 spiro atoms. The Morgan fingerprint density at radius 1 is 1.38 bits per heavy atom. The average molecular weight is 452 g/mol. The van der Waals surface area contributed by atoms with Crippen molar-refractivity contribution < 1.29 is 9.59 Å². The first-order valence-electron chi connectivity index (χ1n) is 6.96. The van der Waals surface area contributed by atoms with Gasteiger partial charge in [-0.15, -0.1) is 11.3 Å². The maximum atomic E-state index is 12.4. The lowest BCUT2D eigenvalue weighted by molar-refractivity contribution is 0.0994. The van der Waals surface area contributed by atoms with E-state index in [-0.39, 0.29) is 5.91 Å². The summed E-state index contributed by atoms with van der Waals surface area (Å²) in [7, 11) is 0. The number of benzene rings is 1. The van der Waals surface area contributed by atoms with Crippen molar-refractivity contribution in [3.8, 4) is 11.3 Å². The number of anilines is 1. The molecule has 2 amide bonds. The van der Waals surface area contributed by atoms with E-state index in [1.54, 1.807) is 18.3 Å². The normalized spacial score (nSPS) is 10.6. The fraction of sp³-hybridized carbons (Fsp3) is 0.0625. The highest BCUT2D eigenvalue weighted by molar-refractivity contribution is 14.1. The Labute approximate surface area is 155 Å². The molecule has 8 heteroatoms. The van der Waals surface area contributed by atoms with Crippen molar-refractivity contribution in [2.75, 3.05) is 5.32 Å². The van der Waals surface area contributed by atoms with E-state index in [0.717, 1.165) is 14.7 Å². The molecule has 2 aromatic heterocycles. The van der Waals surface area contributed by atoms with E-state index in [2.05, 4.69) is 37.9 Å². The Balaban J connectivity index is 1.79. The van der Waals surface area contributed by atoms with Gasteiger partial charge in [-0.1, -0.05) is 12.1 Å². The molecule has 0 bridgehead atoms. The van der Waals surface area contributed by atoms with E-state index < -0.39 is 5.91 Å². The van der Waals surface area contributed by atoms with E-state index in [1.165, 1.54) is 11.3 Å². The number of hydrogen-bond donors (Lipinski definition) is 3. The van der Waals surface area contributed by atoms with Crippen molar-refractivity contribution in [3.63, 3.8) is 0 Å². The largest absolute Gasteiger partial charge is 0.364 e. The minimum Gasteiger partial charge on any atom is -0.364 e. The van der Waals surface area contributed by atoms with Crippen molar-refractivity contribution in [3.05, 3.63) is 56.2 Å². The average Bonchev–Trinajstić information content (AvgIpc) is 3.18. The van der Waals surface area contributed by atoms with Crippen LogP contribution in [0.5, 0.6) is 0 Å². The molecule has 3 rings (SSSR count). The molecule has 0 aliphatic rings. The molecule has 2 heterocycles. The van der Waals surface area contributed by atoms with Crippen LogP contribution < -0.4 is 11.1 Å². The highest BCUT2D eigenvalue weighted by Gasteiger charge is 2.14. The van der Waals surface area contributed by atoms with Gasteiger partial charge in [-0.3, -0.25) is 14.9 Å². The zero-order chi connectivity index (χ0) is 17.3. The molecule has 0 atom stereocenters. The van der Waals surface area contributed by atoms with Crippen LogP contribution in [0.3, 0.4) is 0 Å². The van der Waals surface area contributed by atoms with Gasteiger partial charge in [-0.05, 0) is 47.2 Å². The van der Waals surface area contributed by atoms with Gasteiger partial charge in [0.25, 0.3) is 11.8 Å². The van der Waals surface area contributed by atoms with Gasteiger partial charge in [0.05, 0.1) is 11.3 Å². The third kappa shape index (κ3) is 3.34. The fourth-order valence-electron chi connectivity index (χ4n) is 2.14. The molecule has 4 N–H and O–H groups in total. The molecule has 1 aromatic carbocycles. The summed E-state index contributed by atoms with van der Waals surface area (Å²) in [6.07, 6.45) is 1.66. The van der Waals surface area contributed by atoms with Gasteiger partial charge in [-0.2, -0.15) is 0 Å². The van der Waals surface area contributed by atoms with Crippen LogP contribution >= 0.6 is 33.9 Å².